The summed E-state index contributed by atoms with van der Waals surface area (Å²) in [6.45, 7) is 4.26. The predicted octanol–water partition coefficient (Wildman–Crippen LogP) is 1.83. The van der Waals surface area contributed by atoms with Gasteiger partial charge in [-0.15, -0.1) is 0 Å². The number of hydrogen-bond donors (Lipinski definition) is 3. The number of nitrogens with one attached hydrogen (secondary N) is 3. The third-order valence-electron chi connectivity index (χ3n) is 5.32. The fourth-order valence-corrected chi connectivity index (χ4v) is 4.34. The fourth-order valence-electron chi connectivity index (χ4n) is 3.76. The van der Waals surface area contributed by atoms with E-state index in [1.54, 1.807) is 7.11 Å². The number of nitrogens with zero attached hydrogens (tertiary/aromatic N) is 1. The average Bonchev–Trinajstić information content (AvgIpc) is 2.80. The van der Waals surface area contributed by atoms with Crippen LogP contribution in [-0.2, 0) is 19.6 Å². The van der Waals surface area contributed by atoms with Gasteiger partial charge in [0.15, 0.2) is 0 Å². The van der Waals surface area contributed by atoms with E-state index < -0.39 is 15.9 Å². The van der Waals surface area contributed by atoms with Gasteiger partial charge in [-0.2, -0.15) is 0 Å². The first-order chi connectivity index (χ1) is 16.2. The molecule has 0 radical (unpaired) electrons. The lowest BCUT2D eigenvalue weighted by Crippen LogP contribution is -2.43. The zero-order chi connectivity index (χ0) is 24.7. The molecule has 3 N–H and O–H groups in total. The first-order valence-electron chi connectivity index (χ1n) is 10.8. The summed E-state index contributed by atoms with van der Waals surface area (Å²) in [5.74, 6) is -0.0352. The molecule has 2 aromatic rings. The minimum atomic E-state index is -3.62. The number of carbonyl (C=O) groups excluding carboxylic acids is 2. The lowest BCUT2D eigenvalue weighted by Gasteiger charge is -2.35. The Labute approximate surface area is 199 Å². The van der Waals surface area contributed by atoms with Gasteiger partial charge in [0.1, 0.15) is 5.75 Å². The van der Waals surface area contributed by atoms with Crippen molar-refractivity contribution in [2.24, 2.45) is 0 Å². The Morgan fingerprint density at radius 1 is 1.12 bits per heavy atom. The fraction of sp³-hybridized carbons (Fsp3) is 0.391. The second-order valence-electron chi connectivity index (χ2n) is 7.96. The molecular weight excluding hydrogens is 460 g/mol. The molecule has 34 heavy (non-hydrogen) atoms. The molecule has 1 heterocycles. The summed E-state index contributed by atoms with van der Waals surface area (Å²) in [6.07, 6.45) is 1.01. The van der Waals surface area contributed by atoms with Crippen LogP contribution < -0.4 is 20.1 Å². The van der Waals surface area contributed by atoms with Crippen molar-refractivity contribution < 1.29 is 27.5 Å². The van der Waals surface area contributed by atoms with E-state index in [0.29, 0.717) is 32.0 Å². The summed E-state index contributed by atoms with van der Waals surface area (Å²) in [7, 11) is -2.02. The molecular formula is C23H30N4O6S. The summed E-state index contributed by atoms with van der Waals surface area (Å²) in [6, 6.07) is 12.0. The number of ether oxygens (including phenoxy) is 2. The topological polar surface area (TPSA) is 126 Å². The Hall–Kier alpha value is -3.15. The zero-order valence-corrected chi connectivity index (χ0v) is 20.3. The van der Waals surface area contributed by atoms with Gasteiger partial charge >= 0.3 is 0 Å². The number of benzene rings is 2. The van der Waals surface area contributed by atoms with Crippen LogP contribution in [0.3, 0.4) is 0 Å². The summed E-state index contributed by atoms with van der Waals surface area (Å²) in [5.41, 5.74) is 1.62. The van der Waals surface area contributed by atoms with Crippen LogP contribution in [-0.4, -0.2) is 71.3 Å². The number of carbonyl (C=O) groups is 2. The Balaban J connectivity index is 1.85. The Morgan fingerprint density at radius 3 is 2.38 bits per heavy atom. The van der Waals surface area contributed by atoms with Crippen LogP contribution in [0.25, 0.3) is 0 Å². The van der Waals surface area contributed by atoms with E-state index in [9.17, 15) is 18.0 Å². The maximum atomic E-state index is 13.2. The predicted molar refractivity (Wildman–Crippen MR) is 130 cm³/mol. The highest BCUT2D eigenvalue weighted by Gasteiger charge is 2.24. The molecule has 1 aliphatic heterocycles. The molecule has 10 nitrogen and oxygen atoms in total. The molecule has 0 aliphatic carbocycles. The van der Waals surface area contributed by atoms with Crippen LogP contribution >= 0.6 is 0 Å². The second-order valence-corrected chi connectivity index (χ2v) is 9.71. The summed E-state index contributed by atoms with van der Waals surface area (Å²) >= 11 is 0. The Bertz CT molecular complexity index is 1110. The molecule has 184 valence electrons. The first kappa shape index (κ1) is 25.5. The van der Waals surface area contributed by atoms with Gasteiger partial charge in [-0.1, -0.05) is 12.1 Å². The Morgan fingerprint density at radius 2 is 1.79 bits per heavy atom. The van der Waals surface area contributed by atoms with Gasteiger partial charge in [-0.05, 0) is 35.9 Å². The molecule has 11 heteroatoms. The number of anilines is 2. The lowest BCUT2D eigenvalue weighted by molar-refractivity contribution is -0.114. The number of rotatable bonds is 9. The molecule has 1 fully saturated rings. The van der Waals surface area contributed by atoms with E-state index in [1.165, 1.54) is 25.1 Å². The number of sulfonamides is 1. The van der Waals surface area contributed by atoms with E-state index in [2.05, 4.69) is 20.3 Å². The van der Waals surface area contributed by atoms with E-state index in [0.717, 1.165) is 17.6 Å². The zero-order valence-electron chi connectivity index (χ0n) is 19.5. The molecule has 0 spiro atoms. The van der Waals surface area contributed by atoms with Crippen LogP contribution in [0.15, 0.2) is 42.5 Å². The molecule has 3 rings (SSSR count). The smallest absolute Gasteiger partial charge is 0.253 e. The monoisotopic (exact) mass is 490 g/mol. The number of morpholine rings is 1. The highest BCUT2D eigenvalue weighted by atomic mass is 32.2. The van der Waals surface area contributed by atoms with Crippen molar-refractivity contribution >= 4 is 33.2 Å². The number of hydrogen-bond acceptors (Lipinski definition) is 7. The average molecular weight is 491 g/mol. The highest BCUT2D eigenvalue weighted by molar-refractivity contribution is 7.92. The molecule has 1 saturated heterocycles. The van der Waals surface area contributed by atoms with Gasteiger partial charge in [0.25, 0.3) is 5.91 Å². The number of methoxy groups -OCH3 is 1. The molecule has 1 unspecified atom stereocenters. The van der Waals surface area contributed by atoms with Gasteiger partial charge in [0.2, 0.25) is 15.9 Å². The molecule has 0 bridgehead atoms. The van der Waals surface area contributed by atoms with Crippen molar-refractivity contribution in [1.82, 2.24) is 10.2 Å². The van der Waals surface area contributed by atoms with Crippen molar-refractivity contribution in [2.75, 3.05) is 56.3 Å². The van der Waals surface area contributed by atoms with Gasteiger partial charge in [-0.3, -0.25) is 19.2 Å². The second kappa shape index (κ2) is 11.3. The quantitative estimate of drug-likeness (QED) is 0.490. The van der Waals surface area contributed by atoms with Crippen molar-refractivity contribution in [2.45, 2.75) is 13.0 Å². The van der Waals surface area contributed by atoms with Gasteiger partial charge in [0.05, 0.1) is 43.9 Å². The Kier molecular flexibility index (Phi) is 8.48. The third-order valence-corrected chi connectivity index (χ3v) is 5.91. The molecule has 1 aliphatic rings. The maximum Gasteiger partial charge on any atom is 0.253 e. The van der Waals surface area contributed by atoms with Crippen LogP contribution in [0.2, 0.25) is 0 Å². The van der Waals surface area contributed by atoms with Gasteiger partial charge in [-0.25, -0.2) is 8.42 Å². The summed E-state index contributed by atoms with van der Waals surface area (Å²) in [5, 5.41) is 5.54. The molecule has 2 aromatic carbocycles. The minimum Gasteiger partial charge on any atom is -0.497 e. The van der Waals surface area contributed by atoms with Crippen molar-refractivity contribution in [3.63, 3.8) is 0 Å². The molecule has 0 aromatic heterocycles. The third kappa shape index (κ3) is 7.17. The largest absolute Gasteiger partial charge is 0.497 e. The van der Waals surface area contributed by atoms with Crippen LogP contribution in [0.4, 0.5) is 11.4 Å². The highest BCUT2D eigenvalue weighted by Crippen LogP contribution is 2.25. The van der Waals surface area contributed by atoms with E-state index in [1.807, 2.05) is 24.3 Å². The van der Waals surface area contributed by atoms with E-state index in [-0.39, 0.29) is 29.7 Å². The molecule has 1 atom stereocenters. The van der Waals surface area contributed by atoms with Crippen LogP contribution in [0.5, 0.6) is 5.75 Å². The normalized spacial score (nSPS) is 15.3. The van der Waals surface area contributed by atoms with E-state index in [4.69, 9.17) is 9.47 Å². The molecule has 2 amide bonds. The van der Waals surface area contributed by atoms with E-state index >= 15 is 0 Å². The lowest BCUT2D eigenvalue weighted by atomic mass is 10.0. The number of amides is 2. The standard InChI is InChI=1S/C23H30N4O6S/c1-16(28)25-18-6-9-21(26-34(3,30)31)20(14-18)23(29)24-15-22(27-10-12-33-13-11-27)17-4-7-19(32-2)8-5-17/h4-9,14,22,26H,10-13,15H2,1-3H3,(H,24,29)(H,25,28). The maximum absolute atomic E-state index is 13.2. The van der Waals surface area contributed by atoms with Crippen molar-refractivity contribution in [3.05, 3.63) is 53.6 Å². The van der Waals surface area contributed by atoms with Crippen molar-refractivity contribution in [1.29, 1.82) is 0 Å². The van der Waals surface area contributed by atoms with Gasteiger partial charge in [0, 0.05) is 32.2 Å². The van der Waals surface area contributed by atoms with Crippen molar-refractivity contribution in [3.8, 4) is 5.75 Å². The summed E-state index contributed by atoms with van der Waals surface area (Å²) in [4.78, 5) is 26.9. The summed E-state index contributed by atoms with van der Waals surface area (Å²) < 4.78 is 36.7. The van der Waals surface area contributed by atoms with Crippen LogP contribution in [0.1, 0.15) is 28.9 Å². The van der Waals surface area contributed by atoms with Crippen LogP contribution in [0, 0.1) is 0 Å². The first-order valence-corrected chi connectivity index (χ1v) is 12.7. The molecule has 0 saturated carbocycles. The van der Waals surface area contributed by atoms with Gasteiger partial charge < -0.3 is 20.1 Å². The SMILES string of the molecule is COc1ccc(C(CNC(=O)c2cc(NC(C)=O)ccc2NS(C)(=O)=O)N2CCOCC2)cc1. The minimum absolute atomic E-state index is 0.104.